The van der Waals surface area contributed by atoms with Crippen molar-refractivity contribution in [2.45, 2.75) is 30.6 Å². The lowest BCUT2D eigenvalue weighted by Gasteiger charge is -2.30. The molecule has 1 N–H and O–H groups in total. The summed E-state index contributed by atoms with van der Waals surface area (Å²) in [6.45, 7) is 8.77. The summed E-state index contributed by atoms with van der Waals surface area (Å²) in [5.41, 5.74) is 3.58. The van der Waals surface area contributed by atoms with Gasteiger partial charge in [0.1, 0.15) is 5.75 Å². The minimum absolute atomic E-state index is 0.272. The number of benzene rings is 2. The van der Waals surface area contributed by atoms with E-state index in [1.165, 1.54) is 0 Å². The lowest BCUT2D eigenvalue weighted by molar-refractivity contribution is -0.347. The fraction of sp³-hybridized carbons (Fsp3) is 0.348. The van der Waals surface area contributed by atoms with Gasteiger partial charge in [-0.25, -0.2) is 13.4 Å². The van der Waals surface area contributed by atoms with Gasteiger partial charge in [0.2, 0.25) is 15.4 Å². The normalized spacial score (nSPS) is 14.8. The maximum absolute atomic E-state index is 13.7. The van der Waals surface area contributed by atoms with Crippen LogP contribution in [-0.2, 0) is 14.6 Å². The average Bonchev–Trinajstić information content (AvgIpc) is 2.75. The monoisotopic (exact) mass is 427 g/mol. The average molecular weight is 428 g/mol. The van der Waals surface area contributed by atoms with Crippen LogP contribution in [0.5, 0.6) is 5.75 Å². The highest BCUT2D eigenvalue weighted by Gasteiger charge is 2.30. The SMILES string of the molecule is CCOc1ccc2[nH+]cc(S(=O)(=O)c3ccc(C)c(C)c3)c(N3CCOCC3)c2c1. The largest absolute Gasteiger partial charge is 0.494 e. The van der Waals surface area contributed by atoms with Crippen molar-refractivity contribution in [1.29, 1.82) is 0 Å². The molecule has 1 aromatic heterocycles. The molecule has 7 heteroatoms. The van der Waals surface area contributed by atoms with Crippen molar-refractivity contribution in [1.82, 2.24) is 0 Å². The number of sulfone groups is 1. The second-order valence-corrected chi connectivity index (χ2v) is 9.41. The topological polar surface area (TPSA) is 70.0 Å². The van der Waals surface area contributed by atoms with E-state index in [0.29, 0.717) is 49.2 Å². The molecule has 6 nitrogen and oxygen atoms in total. The summed E-state index contributed by atoms with van der Waals surface area (Å²) >= 11 is 0. The summed E-state index contributed by atoms with van der Waals surface area (Å²) in [6.07, 6.45) is 1.61. The number of pyridine rings is 1. The van der Waals surface area contributed by atoms with Crippen molar-refractivity contribution in [3.05, 3.63) is 53.7 Å². The van der Waals surface area contributed by atoms with Crippen LogP contribution in [0.4, 0.5) is 5.69 Å². The Morgan fingerprint density at radius 3 is 2.53 bits per heavy atom. The summed E-state index contributed by atoms with van der Waals surface area (Å²) in [4.78, 5) is 5.85. The smallest absolute Gasteiger partial charge is 0.214 e. The molecule has 0 atom stereocenters. The molecule has 4 rings (SSSR count). The summed E-state index contributed by atoms with van der Waals surface area (Å²) in [5.74, 6) is 0.716. The fourth-order valence-electron chi connectivity index (χ4n) is 3.77. The predicted molar refractivity (Wildman–Crippen MR) is 116 cm³/mol. The van der Waals surface area contributed by atoms with Gasteiger partial charge in [-0.3, -0.25) is 0 Å². The number of aromatic nitrogens is 1. The van der Waals surface area contributed by atoms with Crippen LogP contribution in [0.2, 0.25) is 0 Å². The third-order valence-electron chi connectivity index (χ3n) is 5.55. The van der Waals surface area contributed by atoms with Gasteiger partial charge in [0.05, 0.1) is 35.8 Å². The van der Waals surface area contributed by atoms with E-state index in [1.54, 1.807) is 18.3 Å². The van der Waals surface area contributed by atoms with E-state index in [4.69, 9.17) is 9.47 Å². The molecule has 3 aromatic rings. The van der Waals surface area contributed by atoms with Gasteiger partial charge in [-0.2, -0.15) is 0 Å². The number of ether oxygens (including phenoxy) is 2. The van der Waals surface area contributed by atoms with Gasteiger partial charge >= 0.3 is 0 Å². The van der Waals surface area contributed by atoms with Gasteiger partial charge in [-0.15, -0.1) is 0 Å². The quantitative estimate of drug-likeness (QED) is 0.625. The standard InChI is InChI=1S/C23H26N2O4S/c1-4-29-18-6-8-21-20(14-18)23(25-9-11-28-12-10-25)22(15-24-21)30(26,27)19-7-5-16(2)17(3)13-19/h5-8,13-15H,4,9-12H2,1-3H3/p+1. The van der Waals surface area contributed by atoms with Crippen LogP contribution in [-0.4, -0.2) is 41.3 Å². The second-order valence-electron chi connectivity index (χ2n) is 7.49. The molecule has 1 fully saturated rings. The van der Waals surface area contributed by atoms with Crippen LogP contribution in [0.1, 0.15) is 18.1 Å². The predicted octanol–water partition coefficient (Wildman–Crippen LogP) is 3.34. The third kappa shape index (κ3) is 3.75. The molecule has 1 aliphatic rings. The van der Waals surface area contributed by atoms with Crippen LogP contribution in [0.25, 0.3) is 10.9 Å². The molecule has 2 heterocycles. The molecule has 0 spiro atoms. The molecule has 0 aliphatic carbocycles. The third-order valence-corrected chi connectivity index (χ3v) is 7.32. The van der Waals surface area contributed by atoms with Crippen LogP contribution in [0, 0.1) is 13.8 Å². The van der Waals surface area contributed by atoms with Crippen LogP contribution in [0.15, 0.2) is 52.4 Å². The summed E-state index contributed by atoms with van der Waals surface area (Å²) in [7, 11) is -3.73. The highest BCUT2D eigenvalue weighted by molar-refractivity contribution is 7.91. The number of rotatable bonds is 5. The number of aryl methyl sites for hydroxylation is 2. The molecule has 1 saturated heterocycles. The first-order valence-electron chi connectivity index (χ1n) is 10.2. The molecule has 0 saturated carbocycles. The Kier molecular flexibility index (Phi) is 5.66. The Bertz CT molecular complexity index is 1190. The van der Waals surface area contributed by atoms with Gasteiger partial charge < -0.3 is 14.4 Å². The van der Waals surface area contributed by atoms with Crippen molar-refractivity contribution >= 4 is 26.4 Å². The molecule has 158 valence electrons. The molecule has 0 unspecified atom stereocenters. The van der Waals surface area contributed by atoms with Crippen molar-refractivity contribution in [3.63, 3.8) is 0 Å². The maximum atomic E-state index is 13.7. The maximum Gasteiger partial charge on any atom is 0.214 e. The number of H-pyrrole nitrogens is 1. The van der Waals surface area contributed by atoms with Gasteiger partial charge in [-0.1, -0.05) is 6.07 Å². The minimum atomic E-state index is -3.73. The number of nitrogens with one attached hydrogen (secondary N) is 1. The molecular weight excluding hydrogens is 400 g/mol. The van der Waals surface area contributed by atoms with E-state index >= 15 is 0 Å². The van der Waals surface area contributed by atoms with E-state index in [0.717, 1.165) is 22.0 Å². The van der Waals surface area contributed by atoms with Gasteiger partial charge in [0.15, 0.2) is 11.1 Å². The molecule has 0 bridgehead atoms. The van der Waals surface area contributed by atoms with Crippen LogP contribution < -0.4 is 14.6 Å². The number of fused-ring (bicyclic) bond motifs is 1. The van der Waals surface area contributed by atoms with E-state index in [1.807, 2.05) is 45.0 Å². The molecule has 2 aromatic carbocycles. The Morgan fingerprint density at radius 2 is 1.83 bits per heavy atom. The van der Waals surface area contributed by atoms with Crippen LogP contribution in [0.3, 0.4) is 0 Å². The van der Waals surface area contributed by atoms with Crippen molar-refractivity contribution in [3.8, 4) is 5.75 Å². The lowest BCUT2D eigenvalue weighted by Crippen LogP contribution is -2.37. The molecule has 0 amide bonds. The highest BCUT2D eigenvalue weighted by Crippen LogP contribution is 2.36. The fourth-order valence-corrected chi connectivity index (χ4v) is 5.31. The Hall–Kier alpha value is -2.64. The van der Waals surface area contributed by atoms with Gasteiger partial charge in [0, 0.05) is 19.2 Å². The minimum Gasteiger partial charge on any atom is -0.494 e. The number of aromatic amines is 1. The molecular formula is C23H27N2O4S+. The van der Waals surface area contributed by atoms with Crippen molar-refractivity contribution < 1.29 is 22.9 Å². The number of hydrogen-bond acceptors (Lipinski definition) is 5. The second kappa shape index (κ2) is 8.24. The summed E-state index contributed by atoms with van der Waals surface area (Å²) in [5, 5.41) is 0.827. The van der Waals surface area contributed by atoms with Crippen LogP contribution >= 0.6 is 0 Å². The van der Waals surface area contributed by atoms with E-state index in [-0.39, 0.29) is 4.90 Å². The first-order valence-corrected chi connectivity index (χ1v) is 11.7. The number of anilines is 1. The molecule has 1 aliphatic heterocycles. The lowest BCUT2D eigenvalue weighted by atomic mass is 10.1. The zero-order valence-electron chi connectivity index (χ0n) is 17.6. The van der Waals surface area contributed by atoms with E-state index in [2.05, 4.69) is 9.88 Å². The number of nitrogens with zero attached hydrogens (tertiary/aromatic N) is 1. The van der Waals surface area contributed by atoms with E-state index < -0.39 is 9.84 Å². The molecule has 30 heavy (non-hydrogen) atoms. The Balaban J connectivity index is 1.96. The summed E-state index contributed by atoms with van der Waals surface area (Å²) in [6, 6.07) is 11.0. The van der Waals surface area contributed by atoms with Gasteiger partial charge in [0.25, 0.3) is 0 Å². The Labute approximate surface area is 177 Å². The Morgan fingerprint density at radius 1 is 1.07 bits per heavy atom. The number of hydrogen-bond donors (Lipinski definition) is 0. The van der Waals surface area contributed by atoms with Crippen molar-refractivity contribution in [2.75, 3.05) is 37.8 Å². The van der Waals surface area contributed by atoms with E-state index in [9.17, 15) is 8.42 Å². The zero-order valence-corrected chi connectivity index (χ0v) is 18.4. The highest BCUT2D eigenvalue weighted by atomic mass is 32.2. The summed E-state index contributed by atoms with van der Waals surface area (Å²) < 4.78 is 38.6. The first kappa shape index (κ1) is 20.6. The van der Waals surface area contributed by atoms with Gasteiger partial charge in [-0.05, 0) is 56.2 Å². The van der Waals surface area contributed by atoms with Crippen molar-refractivity contribution in [2.24, 2.45) is 0 Å². The number of morpholine rings is 1. The zero-order chi connectivity index (χ0) is 21.3. The first-order chi connectivity index (χ1) is 14.4. The molecule has 0 radical (unpaired) electrons.